The lowest BCUT2D eigenvalue weighted by Crippen LogP contribution is -2.49. The second-order valence-electron chi connectivity index (χ2n) is 6.57. The summed E-state index contributed by atoms with van der Waals surface area (Å²) in [6.07, 6.45) is 0.828. The van der Waals surface area contributed by atoms with Crippen molar-refractivity contribution in [3.63, 3.8) is 0 Å². The molecule has 0 aliphatic carbocycles. The van der Waals surface area contributed by atoms with Crippen molar-refractivity contribution in [2.75, 3.05) is 6.54 Å². The predicted octanol–water partition coefficient (Wildman–Crippen LogP) is 4.13. The first kappa shape index (κ1) is 21.0. The number of aryl methyl sites for hydroxylation is 1. The van der Waals surface area contributed by atoms with Crippen LogP contribution in [0.15, 0.2) is 48.5 Å². The van der Waals surface area contributed by atoms with Crippen molar-refractivity contribution in [2.24, 2.45) is 0 Å². The smallest absolute Gasteiger partial charge is 0.242 e. The van der Waals surface area contributed by atoms with E-state index in [1.807, 2.05) is 57.2 Å². The number of carbonyl (C=O) groups excluding carboxylic acids is 2. The lowest BCUT2D eigenvalue weighted by molar-refractivity contribution is -0.140. The van der Waals surface area contributed by atoms with Crippen LogP contribution in [-0.4, -0.2) is 29.3 Å². The first-order chi connectivity index (χ1) is 13.0. The minimum absolute atomic E-state index is 0.0580. The summed E-state index contributed by atoms with van der Waals surface area (Å²) in [6, 6.07) is 14.7. The van der Waals surface area contributed by atoms with E-state index in [2.05, 4.69) is 5.32 Å². The van der Waals surface area contributed by atoms with E-state index in [4.69, 9.17) is 11.6 Å². The maximum atomic E-state index is 13.2. The number of benzene rings is 2. The van der Waals surface area contributed by atoms with Crippen molar-refractivity contribution in [3.05, 3.63) is 70.2 Å². The highest BCUT2D eigenvalue weighted by Gasteiger charge is 2.28. The summed E-state index contributed by atoms with van der Waals surface area (Å²) in [6.45, 7) is 6.71. The van der Waals surface area contributed by atoms with Gasteiger partial charge in [-0.2, -0.15) is 0 Å². The molecule has 1 atom stereocenters. The third-order valence-corrected chi connectivity index (χ3v) is 4.86. The van der Waals surface area contributed by atoms with E-state index in [1.165, 1.54) is 0 Å². The van der Waals surface area contributed by atoms with Gasteiger partial charge >= 0.3 is 0 Å². The molecule has 4 nitrogen and oxygen atoms in total. The zero-order valence-corrected chi connectivity index (χ0v) is 16.9. The summed E-state index contributed by atoms with van der Waals surface area (Å²) >= 11 is 5.97. The van der Waals surface area contributed by atoms with E-state index in [1.54, 1.807) is 17.0 Å². The van der Waals surface area contributed by atoms with Crippen molar-refractivity contribution in [2.45, 2.75) is 46.2 Å². The molecule has 2 rings (SSSR count). The van der Waals surface area contributed by atoms with Gasteiger partial charge in [-0.25, -0.2) is 0 Å². The van der Waals surface area contributed by atoms with E-state index < -0.39 is 6.04 Å². The van der Waals surface area contributed by atoms with Gasteiger partial charge in [0, 0.05) is 18.1 Å². The van der Waals surface area contributed by atoms with Crippen molar-refractivity contribution in [1.82, 2.24) is 10.2 Å². The van der Waals surface area contributed by atoms with Gasteiger partial charge in [0.15, 0.2) is 0 Å². The van der Waals surface area contributed by atoms with Crippen LogP contribution in [0.2, 0.25) is 5.02 Å². The quantitative estimate of drug-likeness (QED) is 0.741. The van der Waals surface area contributed by atoms with Crippen molar-refractivity contribution in [3.8, 4) is 0 Å². The molecule has 0 aliphatic heterocycles. The molecule has 0 unspecified atom stereocenters. The Balaban J connectivity index is 2.29. The fourth-order valence-electron chi connectivity index (χ4n) is 3.07. The van der Waals surface area contributed by atoms with Crippen LogP contribution in [0.5, 0.6) is 0 Å². The molecule has 0 aliphatic rings. The maximum absolute atomic E-state index is 13.2. The van der Waals surface area contributed by atoms with Gasteiger partial charge in [0.1, 0.15) is 6.04 Å². The van der Waals surface area contributed by atoms with Gasteiger partial charge < -0.3 is 10.2 Å². The molecule has 2 aromatic rings. The summed E-state index contributed by atoms with van der Waals surface area (Å²) in [5, 5.41) is 3.49. The molecule has 0 saturated carbocycles. The number of halogens is 1. The third-order valence-electron chi connectivity index (χ3n) is 4.61. The van der Waals surface area contributed by atoms with E-state index >= 15 is 0 Å². The summed E-state index contributed by atoms with van der Waals surface area (Å²) in [4.78, 5) is 27.4. The molecule has 5 heteroatoms. The predicted molar refractivity (Wildman–Crippen MR) is 110 cm³/mol. The minimum Gasteiger partial charge on any atom is -0.355 e. The van der Waals surface area contributed by atoms with Crippen LogP contribution in [0.1, 0.15) is 37.0 Å². The van der Waals surface area contributed by atoms with E-state index in [9.17, 15) is 9.59 Å². The van der Waals surface area contributed by atoms with Gasteiger partial charge in [-0.05, 0) is 49.1 Å². The van der Waals surface area contributed by atoms with Gasteiger partial charge in [-0.1, -0.05) is 54.9 Å². The second kappa shape index (κ2) is 10.1. The van der Waals surface area contributed by atoms with Crippen LogP contribution < -0.4 is 5.32 Å². The Hall–Kier alpha value is -2.33. The first-order valence-electron chi connectivity index (χ1n) is 9.32. The third kappa shape index (κ3) is 5.83. The number of carbonyl (C=O) groups is 2. The molecule has 0 radical (unpaired) electrons. The molecular weight excluding hydrogens is 360 g/mol. The van der Waals surface area contributed by atoms with Crippen LogP contribution in [-0.2, 0) is 22.6 Å². The number of rotatable bonds is 8. The van der Waals surface area contributed by atoms with Crippen molar-refractivity contribution in [1.29, 1.82) is 0 Å². The van der Waals surface area contributed by atoms with E-state index in [0.717, 1.165) is 16.7 Å². The molecule has 0 bridgehead atoms. The first-order valence-corrected chi connectivity index (χ1v) is 9.70. The van der Waals surface area contributed by atoms with E-state index in [-0.39, 0.29) is 18.2 Å². The van der Waals surface area contributed by atoms with Crippen LogP contribution in [0, 0.1) is 6.92 Å². The summed E-state index contributed by atoms with van der Waals surface area (Å²) < 4.78 is 0. The SMILES string of the molecule is CCNC(=O)[C@H](CC)N(Cc1ccc(Cl)cc1)C(=O)Cc1ccccc1C. The Morgan fingerprint density at radius 3 is 2.33 bits per heavy atom. The zero-order chi connectivity index (χ0) is 19.8. The Kier molecular flexibility index (Phi) is 7.86. The Morgan fingerprint density at radius 1 is 1.07 bits per heavy atom. The van der Waals surface area contributed by atoms with Gasteiger partial charge in [-0.3, -0.25) is 9.59 Å². The summed E-state index contributed by atoms with van der Waals surface area (Å²) in [5.74, 6) is -0.176. The fourth-order valence-corrected chi connectivity index (χ4v) is 3.20. The molecule has 1 N–H and O–H groups in total. The van der Waals surface area contributed by atoms with Gasteiger partial charge in [-0.15, -0.1) is 0 Å². The van der Waals surface area contributed by atoms with Crippen LogP contribution in [0.4, 0.5) is 0 Å². The van der Waals surface area contributed by atoms with Crippen LogP contribution in [0.25, 0.3) is 0 Å². The van der Waals surface area contributed by atoms with E-state index in [0.29, 0.717) is 24.5 Å². The zero-order valence-electron chi connectivity index (χ0n) is 16.2. The molecule has 2 amide bonds. The van der Waals surface area contributed by atoms with Crippen LogP contribution in [0.3, 0.4) is 0 Å². The molecule has 0 fully saturated rings. The molecule has 144 valence electrons. The fraction of sp³-hybridized carbons (Fsp3) is 0.364. The molecule has 0 aromatic heterocycles. The second-order valence-corrected chi connectivity index (χ2v) is 7.01. The molecule has 0 saturated heterocycles. The summed E-state index contributed by atoms with van der Waals surface area (Å²) in [5.41, 5.74) is 3.00. The highest BCUT2D eigenvalue weighted by molar-refractivity contribution is 6.30. The number of nitrogens with one attached hydrogen (secondary N) is 1. The largest absolute Gasteiger partial charge is 0.355 e. The Labute approximate surface area is 166 Å². The summed E-state index contributed by atoms with van der Waals surface area (Å²) in [7, 11) is 0. The van der Waals surface area contributed by atoms with Crippen molar-refractivity contribution >= 4 is 23.4 Å². The maximum Gasteiger partial charge on any atom is 0.242 e. The normalized spacial score (nSPS) is 11.7. The molecule has 2 aromatic carbocycles. The molecule has 0 spiro atoms. The highest BCUT2D eigenvalue weighted by Crippen LogP contribution is 2.17. The molecule has 0 heterocycles. The average molecular weight is 387 g/mol. The van der Waals surface area contributed by atoms with Crippen LogP contribution >= 0.6 is 11.6 Å². The lowest BCUT2D eigenvalue weighted by Gasteiger charge is -2.31. The number of amides is 2. The monoisotopic (exact) mass is 386 g/mol. The number of likely N-dealkylation sites (N-methyl/N-ethyl adjacent to an activating group) is 1. The van der Waals surface area contributed by atoms with Crippen molar-refractivity contribution < 1.29 is 9.59 Å². The number of hydrogen-bond donors (Lipinski definition) is 1. The minimum atomic E-state index is -0.503. The Bertz CT molecular complexity index is 774. The Morgan fingerprint density at radius 2 is 1.74 bits per heavy atom. The van der Waals surface area contributed by atoms with Gasteiger partial charge in [0.25, 0.3) is 0 Å². The lowest BCUT2D eigenvalue weighted by atomic mass is 10.0. The average Bonchev–Trinajstić information content (AvgIpc) is 2.65. The topological polar surface area (TPSA) is 49.4 Å². The molecule has 27 heavy (non-hydrogen) atoms. The number of hydrogen-bond acceptors (Lipinski definition) is 2. The number of nitrogens with zero attached hydrogens (tertiary/aromatic N) is 1. The highest BCUT2D eigenvalue weighted by atomic mass is 35.5. The standard InChI is InChI=1S/C22H27ClN2O2/c1-4-20(22(27)24-5-2)25(15-17-10-12-19(23)13-11-17)21(26)14-18-9-7-6-8-16(18)3/h6-13,20H,4-5,14-15H2,1-3H3,(H,24,27)/t20-/m0/s1. The van der Waals surface area contributed by atoms with Gasteiger partial charge in [0.2, 0.25) is 11.8 Å². The molecular formula is C22H27ClN2O2. The van der Waals surface area contributed by atoms with Gasteiger partial charge in [0.05, 0.1) is 6.42 Å².